The van der Waals surface area contributed by atoms with E-state index in [-0.39, 0.29) is 11.5 Å². The molecule has 0 unspecified atom stereocenters. The van der Waals surface area contributed by atoms with Gasteiger partial charge in [0.05, 0.1) is 11.1 Å². The van der Waals surface area contributed by atoms with Crippen LogP contribution in [0.5, 0.6) is 0 Å². The molecule has 0 bridgehead atoms. The first-order valence-electron chi connectivity index (χ1n) is 10.4. The molecule has 0 atom stereocenters. The maximum absolute atomic E-state index is 13.2. The second-order valence-corrected chi connectivity index (χ2v) is 7.88. The number of carbonyl (C=O) groups is 1. The zero-order valence-electron chi connectivity index (χ0n) is 17.3. The minimum Gasteiger partial charge on any atom is -0.367 e. The van der Waals surface area contributed by atoms with Crippen LogP contribution in [0.4, 0.5) is 11.4 Å². The molecule has 3 aromatic carbocycles. The third-order valence-corrected chi connectivity index (χ3v) is 6.01. The van der Waals surface area contributed by atoms with Crippen molar-refractivity contribution in [2.45, 2.75) is 13.0 Å². The van der Waals surface area contributed by atoms with E-state index in [1.807, 2.05) is 48.5 Å². The molecule has 154 valence electrons. The lowest BCUT2D eigenvalue weighted by Crippen LogP contribution is -2.23. The topological polar surface area (TPSA) is 54.3 Å². The van der Waals surface area contributed by atoms with Gasteiger partial charge in [-0.1, -0.05) is 54.6 Å². The van der Waals surface area contributed by atoms with E-state index in [0.29, 0.717) is 12.1 Å². The normalized spacial score (nSPS) is 12.7. The molecule has 1 aliphatic rings. The summed E-state index contributed by atoms with van der Waals surface area (Å²) in [6.45, 7) is 1.67. The lowest BCUT2D eigenvalue weighted by molar-refractivity contribution is 0.102. The van der Waals surface area contributed by atoms with Crippen molar-refractivity contribution < 1.29 is 4.79 Å². The fourth-order valence-electron chi connectivity index (χ4n) is 4.34. The smallest absolute Gasteiger partial charge is 0.256 e. The molecule has 0 radical (unpaired) electrons. The van der Waals surface area contributed by atoms with Crippen LogP contribution in [0.1, 0.15) is 21.5 Å². The molecule has 0 spiro atoms. The number of aryl methyl sites for hydroxylation is 1. The molecule has 5 nitrogen and oxygen atoms in total. The van der Waals surface area contributed by atoms with Crippen molar-refractivity contribution in [1.29, 1.82) is 0 Å². The molecule has 1 N–H and O–H groups in total. The standard InChI is InChI=1S/C26H23N3O2/c1-28-24-13-7-4-10-20(24)21(16-25(28)30)26(31)27-22-11-5-2-9-19(22)17-29-15-14-18-8-3-6-12-23(18)29/h2-13,16H,14-15,17H2,1H3,(H,27,31). The number of rotatable bonds is 4. The molecule has 1 aliphatic heterocycles. The van der Waals surface area contributed by atoms with Gasteiger partial charge in [-0.25, -0.2) is 0 Å². The Morgan fingerprint density at radius 2 is 1.71 bits per heavy atom. The van der Waals surface area contributed by atoms with Gasteiger partial charge in [0, 0.05) is 43.0 Å². The number of benzene rings is 3. The van der Waals surface area contributed by atoms with Gasteiger partial charge in [0.2, 0.25) is 0 Å². The van der Waals surface area contributed by atoms with E-state index in [1.54, 1.807) is 11.6 Å². The van der Waals surface area contributed by atoms with Crippen LogP contribution in [-0.2, 0) is 20.0 Å². The molecule has 5 rings (SSSR count). The zero-order valence-corrected chi connectivity index (χ0v) is 17.3. The van der Waals surface area contributed by atoms with Gasteiger partial charge in [-0.2, -0.15) is 0 Å². The number of para-hydroxylation sites is 3. The van der Waals surface area contributed by atoms with Crippen LogP contribution in [-0.4, -0.2) is 17.0 Å². The Hall–Kier alpha value is -3.86. The largest absolute Gasteiger partial charge is 0.367 e. The number of nitrogens with zero attached hydrogens (tertiary/aromatic N) is 2. The summed E-state index contributed by atoms with van der Waals surface area (Å²) in [6, 6.07) is 25.2. The SMILES string of the molecule is Cn1c(=O)cc(C(=O)Nc2ccccc2CN2CCc3ccccc32)c2ccccc21. The maximum Gasteiger partial charge on any atom is 0.256 e. The van der Waals surface area contributed by atoms with Crippen molar-refractivity contribution in [3.63, 3.8) is 0 Å². The Balaban J connectivity index is 1.46. The van der Waals surface area contributed by atoms with E-state index >= 15 is 0 Å². The monoisotopic (exact) mass is 409 g/mol. The van der Waals surface area contributed by atoms with E-state index in [2.05, 4.69) is 34.5 Å². The van der Waals surface area contributed by atoms with Crippen LogP contribution in [0.3, 0.4) is 0 Å². The van der Waals surface area contributed by atoms with E-state index in [0.717, 1.165) is 35.1 Å². The maximum atomic E-state index is 13.2. The van der Waals surface area contributed by atoms with Crippen molar-refractivity contribution in [2.24, 2.45) is 7.05 Å². The van der Waals surface area contributed by atoms with Crippen molar-refractivity contribution in [3.05, 3.63) is 106 Å². The molecule has 5 heteroatoms. The van der Waals surface area contributed by atoms with Crippen LogP contribution < -0.4 is 15.8 Å². The van der Waals surface area contributed by atoms with Gasteiger partial charge in [-0.05, 0) is 35.7 Å². The van der Waals surface area contributed by atoms with Crippen molar-refractivity contribution >= 4 is 28.2 Å². The Morgan fingerprint density at radius 3 is 2.61 bits per heavy atom. The van der Waals surface area contributed by atoms with Crippen LogP contribution in [0.25, 0.3) is 10.9 Å². The number of amides is 1. The highest BCUT2D eigenvalue weighted by molar-refractivity contribution is 6.12. The molecular weight excluding hydrogens is 386 g/mol. The number of fused-ring (bicyclic) bond motifs is 2. The first-order chi connectivity index (χ1) is 15.1. The second kappa shape index (κ2) is 7.76. The molecule has 0 saturated heterocycles. The molecule has 0 saturated carbocycles. The summed E-state index contributed by atoms with van der Waals surface area (Å²) in [7, 11) is 1.72. The highest BCUT2D eigenvalue weighted by atomic mass is 16.2. The fourth-order valence-corrected chi connectivity index (χ4v) is 4.34. The van der Waals surface area contributed by atoms with Crippen LogP contribution >= 0.6 is 0 Å². The Morgan fingerprint density at radius 1 is 0.968 bits per heavy atom. The Kier molecular flexibility index (Phi) is 4.79. The summed E-state index contributed by atoms with van der Waals surface area (Å²) in [4.78, 5) is 27.9. The predicted octanol–water partition coefficient (Wildman–Crippen LogP) is 4.35. The number of anilines is 2. The van der Waals surface area contributed by atoms with Crippen LogP contribution in [0, 0.1) is 0 Å². The van der Waals surface area contributed by atoms with Gasteiger partial charge in [-0.3, -0.25) is 9.59 Å². The molecule has 2 heterocycles. The average Bonchev–Trinajstić information content (AvgIpc) is 3.20. The summed E-state index contributed by atoms with van der Waals surface area (Å²) in [6.07, 6.45) is 1.03. The molecule has 0 aliphatic carbocycles. The number of hydrogen-bond acceptors (Lipinski definition) is 3. The van der Waals surface area contributed by atoms with E-state index < -0.39 is 0 Å². The van der Waals surface area contributed by atoms with Crippen LogP contribution in [0.15, 0.2) is 83.7 Å². The zero-order chi connectivity index (χ0) is 21.4. The van der Waals surface area contributed by atoms with Gasteiger partial charge in [0.1, 0.15) is 0 Å². The number of hydrogen-bond donors (Lipinski definition) is 1. The van der Waals surface area contributed by atoms with Gasteiger partial charge in [0.25, 0.3) is 11.5 Å². The Labute approximate surface area is 180 Å². The summed E-state index contributed by atoms with van der Waals surface area (Å²) in [5.74, 6) is -0.275. The number of pyridine rings is 1. The van der Waals surface area contributed by atoms with Crippen molar-refractivity contribution in [1.82, 2.24) is 4.57 Å². The summed E-state index contributed by atoms with van der Waals surface area (Å²) in [5.41, 5.74) is 5.34. The second-order valence-electron chi connectivity index (χ2n) is 7.88. The van der Waals surface area contributed by atoms with Crippen molar-refractivity contribution in [3.8, 4) is 0 Å². The van der Waals surface area contributed by atoms with Crippen LogP contribution in [0.2, 0.25) is 0 Å². The number of aromatic nitrogens is 1. The van der Waals surface area contributed by atoms with E-state index in [4.69, 9.17) is 0 Å². The summed E-state index contributed by atoms with van der Waals surface area (Å²) in [5, 5.41) is 3.81. The molecule has 4 aromatic rings. The van der Waals surface area contributed by atoms with Gasteiger partial charge < -0.3 is 14.8 Å². The quantitative estimate of drug-likeness (QED) is 0.545. The third-order valence-electron chi connectivity index (χ3n) is 6.01. The number of nitrogens with one attached hydrogen (secondary N) is 1. The van der Waals surface area contributed by atoms with Gasteiger partial charge in [0.15, 0.2) is 0 Å². The lowest BCUT2D eigenvalue weighted by Gasteiger charge is -2.21. The fraction of sp³-hybridized carbons (Fsp3) is 0.154. The van der Waals surface area contributed by atoms with Gasteiger partial charge >= 0.3 is 0 Å². The predicted molar refractivity (Wildman–Crippen MR) is 125 cm³/mol. The minimum absolute atomic E-state index is 0.203. The highest BCUT2D eigenvalue weighted by Crippen LogP contribution is 2.30. The molecular formula is C26H23N3O2. The molecule has 31 heavy (non-hydrogen) atoms. The summed E-state index contributed by atoms with van der Waals surface area (Å²) >= 11 is 0. The van der Waals surface area contributed by atoms with E-state index in [1.165, 1.54) is 17.3 Å². The first kappa shape index (κ1) is 19.1. The van der Waals surface area contributed by atoms with Crippen molar-refractivity contribution in [2.75, 3.05) is 16.8 Å². The minimum atomic E-state index is -0.275. The highest BCUT2D eigenvalue weighted by Gasteiger charge is 2.20. The first-order valence-corrected chi connectivity index (χ1v) is 10.4. The average molecular weight is 409 g/mol. The number of carbonyl (C=O) groups excluding carboxylic acids is 1. The molecule has 1 aromatic heterocycles. The third kappa shape index (κ3) is 3.48. The summed E-state index contributed by atoms with van der Waals surface area (Å²) < 4.78 is 1.56. The Bertz CT molecular complexity index is 1360. The molecule has 0 fully saturated rings. The lowest BCUT2D eigenvalue weighted by atomic mass is 10.1. The van der Waals surface area contributed by atoms with E-state index in [9.17, 15) is 9.59 Å². The molecule has 1 amide bonds. The van der Waals surface area contributed by atoms with Gasteiger partial charge in [-0.15, -0.1) is 0 Å².